The highest BCUT2D eigenvalue weighted by atomic mass is 79.9. The zero-order valence-electron chi connectivity index (χ0n) is 11.6. The Morgan fingerprint density at radius 2 is 2.10 bits per heavy atom. The summed E-state index contributed by atoms with van der Waals surface area (Å²) in [7, 11) is 0. The quantitative estimate of drug-likeness (QED) is 0.743. The molecule has 0 aromatic heterocycles. The maximum Gasteiger partial charge on any atom is 0.129 e. The van der Waals surface area contributed by atoms with E-state index in [1.807, 2.05) is 31.2 Å². The summed E-state index contributed by atoms with van der Waals surface area (Å²) in [4.78, 5) is 0. The van der Waals surface area contributed by atoms with Gasteiger partial charge in [0.25, 0.3) is 0 Å². The lowest BCUT2D eigenvalue weighted by atomic mass is 9.99. The molecule has 112 valence electrons. The summed E-state index contributed by atoms with van der Waals surface area (Å²) < 4.78 is 20.2. The van der Waals surface area contributed by atoms with E-state index >= 15 is 0 Å². The van der Waals surface area contributed by atoms with Gasteiger partial charge in [0.05, 0.1) is 17.7 Å². The van der Waals surface area contributed by atoms with E-state index < -0.39 is 11.9 Å². The Labute approximate surface area is 137 Å². The van der Waals surface area contributed by atoms with Gasteiger partial charge < -0.3 is 10.5 Å². The number of rotatable bonds is 5. The Morgan fingerprint density at radius 3 is 2.81 bits per heavy atom. The summed E-state index contributed by atoms with van der Waals surface area (Å²) >= 11 is 9.22. The molecule has 5 heteroatoms. The molecule has 0 fully saturated rings. The molecule has 2 aromatic carbocycles. The molecule has 21 heavy (non-hydrogen) atoms. The Balaban J connectivity index is 2.31. The maximum atomic E-state index is 14.1. The van der Waals surface area contributed by atoms with Crippen molar-refractivity contribution in [1.29, 1.82) is 0 Å². The highest BCUT2D eigenvalue weighted by molar-refractivity contribution is 9.10. The first-order valence-electron chi connectivity index (χ1n) is 6.65. The molecule has 0 aliphatic rings. The molecular formula is C16H16BrClFNO. The Kier molecular flexibility index (Phi) is 5.62. The van der Waals surface area contributed by atoms with Crippen molar-refractivity contribution in [2.45, 2.75) is 19.4 Å². The van der Waals surface area contributed by atoms with Crippen molar-refractivity contribution in [2.75, 3.05) is 6.61 Å². The van der Waals surface area contributed by atoms with Crippen molar-refractivity contribution < 1.29 is 9.13 Å². The van der Waals surface area contributed by atoms with Crippen LogP contribution in [0.15, 0.2) is 40.9 Å². The third-order valence-electron chi connectivity index (χ3n) is 3.06. The second-order valence-corrected chi connectivity index (χ2v) is 5.95. The lowest BCUT2D eigenvalue weighted by Crippen LogP contribution is -2.14. The largest absolute Gasteiger partial charge is 0.494 e. The van der Waals surface area contributed by atoms with Crippen molar-refractivity contribution in [3.05, 3.63) is 62.8 Å². The van der Waals surface area contributed by atoms with E-state index in [-0.39, 0.29) is 0 Å². The molecule has 0 amide bonds. The van der Waals surface area contributed by atoms with E-state index in [4.69, 9.17) is 22.1 Å². The molecule has 0 saturated carbocycles. The standard InChI is InChI=1S/C16H16BrClFNO/c1-2-6-21-11-5-3-4-10(7-11)16(20)12-8-14(18)13(17)9-15(12)19/h3-5,7-9,16H,2,6,20H2,1H3. The van der Waals surface area contributed by atoms with E-state index in [0.717, 1.165) is 17.7 Å². The summed E-state index contributed by atoms with van der Waals surface area (Å²) in [5.74, 6) is 0.340. The SMILES string of the molecule is CCCOc1cccc(C(N)c2cc(Cl)c(Br)cc2F)c1. The Morgan fingerprint density at radius 1 is 1.33 bits per heavy atom. The third kappa shape index (κ3) is 3.96. The smallest absolute Gasteiger partial charge is 0.129 e. The topological polar surface area (TPSA) is 35.2 Å². The van der Waals surface area contributed by atoms with E-state index in [1.54, 1.807) is 6.07 Å². The molecule has 0 heterocycles. The molecule has 2 rings (SSSR count). The highest BCUT2D eigenvalue weighted by Crippen LogP contribution is 2.31. The molecule has 0 saturated heterocycles. The molecule has 0 bridgehead atoms. The van der Waals surface area contributed by atoms with Gasteiger partial charge in [-0.3, -0.25) is 0 Å². The number of nitrogens with two attached hydrogens (primary N) is 1. The zero-order chi connectivity index (χ0) is 15.4. The molecule has 0 spiro atoms. The molecule has 0 radical (unpaired) electrons. The summed E-state index contributed by atoms with van der Waals surface area (Å²) in [5, 5.41) is 0.431. The van der Waals surface area contributed by atoms with Gasteiger partial charge in [0.1, 0.15) is 11.6 Å². The van der Waals surface area contributed by atoms with Crippen LogP contribution < -0.4 is 10.5 Å². The van der Waals surface area contributed by atoms with Gasteiger partial charge in [0.2, 0.25) is 0 Å². The minimum absolute atomic E-state index is 0.357. The molecule has 1 atom stereocenters. The normalized spacial score (nSPS) is 12.2. The molecular weight excluding hydrogens is 357 g/mol. The van der Waals surface area contributed by atoms with Crippen molar-refractivity contribution in [3.8, 4) is 5.75 Å². The van der Waals surface area contributed by atoms with E-state index in [2.05, 4.69) is 15.9 Å². The van der Waals surface area contributed by atoms with Gasteiger partial charge in [0, 0.05) is 10.0 Å². The van der Waals surface area contributed by atoms with Crippen molar-refractivity contribution >= 4 is 27.5 Å². The average Bonchev–Trinajstić information content (AvgIpc) is 2.48. The predicted octanol–water partition coefficient (Wildman–Crippen LogP) is 5.08. The second-order valence-electron chi connectivity index (χ2n) is 4.69. The fourth-order valence-corrected chi connectivity index (χ4v) is 2.46. The van der Waals surface area contributed by atoms with E-state index in [0.29, 0.717) is 21.7 Å². The second kappa shape index (κ2) is 7.25. The molecule has 2 nitrogen and oxygen atoms in total. The van der Waals surface area contributed by atoms with Gasteiger partial charge in [-0.2, -0.15) is 0 Å². The number of ether oxygens (including phenoxy) is 1. The molecule has 2 N–H and O–H groups in total. The molecule has 1 unspecified atom stereocenters. The minimum atomic E-state index is -0.597. The zero-order valence-corrected chi connectivity index (χ0v) is 13.9. The minimum Gasteiger partial charge on any atom is -0.494 e. The number of hydrogen-bond donors (Lipinski definition) is 1. The van der Waals surface area contributed by atoms with Crippen molar-refractivity contribution in [1.82, 2.24) is 0 Å². The van der Waals surface area contributed by atoms with Gasteiger partial charge >= 0.3 is 0 Å². The molecule has 0 aliphatic carbocycles. The van der Waals surface area contributed by atoms with Crippen LogP contribution in [-0.2, 0) is 0 Å². The van der Waals surface area contributed by atoms with Gasteiger partial charge in [-0.05, 0) is 52.2 Å². The van der Waals surface area contributed by atoms with Crippen molar-refractivity contribution in [2.24, 2.45) is 5.73 Å². The number of halogens is 3. The van der Waals surface area contributed by atoms with Gasteiger partial charge in [-0.25, -0.2) is 4.39 Å². The van der Waals surface area contributed by atoms with E-state index in [1.165, 1.54) is 6.07 Å². The van der Waals surface area contributed by atoms with Crippen LogP contribution in [0.25, 0.3) is 0 Å². The Bertz CT molecular complexity index is 636. The van der Waals surface area contributed by atoms with Crippen LogP contribution in [0.5, 0.6) is 5.75 Å². The van der Waals surface area contributed by atoms with Crippen LogP contribution in [0.1, 0.15) is 30.5 Å². The van der Waals surface area contributed by atoms with Crippen LogP contribution in [0.2, 0.25) is 5.02 Å². The van der Waals surface area contributed by atoms with Gasteiger partial charge in [-0.1, -0.05) is 30.7 Å². The maximum absolute atomic E-state index is 14.1. The molecule has 2 aromatic rings. The average molecular weight is 373 g/mol. The monoisotopic (exact) mass is 371 g/mol. The summed E-state index contributed by atoms with van der Waals surface area (Å²) in [6.07, 6.45) is 0.924. The lowest BCUT2D eigenvalue weighted by Gasteiger charge is -2.16. The first-order chi connectivity index (χ1) is 10.0. The number of hydrogen-bond acceptors (Lipinski definition) is 2. The highest BCUT2D eigenvalue weighted by Gasteiger charge is 2.16. The summed E-state index contributed by atoms with van der Waals surface area (Å²) in [5.41, 5.74) is 7.30. The van der Waals surface area contributed by atoms with Crippen LogP contribution >= 0.6 is 27.5 Å². The summed E-state index contributed by atoms with van der Waals surface area (Å²) in [6, 6.07) is 9.66. The summed E-state index contributed by atoms with van der Waals surface area (Å²) in [6.45, 7) is 2.67. The van der Waals surface area contributed by atoms with Crippen LogP contribution in [0.4, 0.5) is 4.39 Å². The third-order valence-corrected chi connectivity index (χ3v) is 4.26. The van der Waals surface area contributed by atoms with Gasteiger partial charge in [0.15, 0.2) is 0 Å². The number of benzene rings is 2. The van der Waals surface area contributed by atoms with Crippen LogP contribution in [0.3, 0.4) is 0 Å². The fourth-order valence-electron chi connectivity index (χ4n) is 1.97. The fraction of sp³-hybridized carbons (Fsp3) is 0.250. The first-order valence-corrected chi connectivity index (χ1v) is 7.82. The molecule has 0 aliphatic heterocycles. The lowest BCUT2D eigenvalue weighted by molar-refractivity contribution is 0.317. The van der Waals surface area contributed by atoms with E-state index in [9.17, 15) is 4.39 Å². The predicted molar refractivity (Wildman–Crippen MR) is 87.4 cm³/mol. The first kappa shape index (κ1) is 16.3. The van der Waals surface area contributed by atoms with Gasteiger partial charge in [-0.15, -0.1) is 0 Å². The van der Waals surface area contributed by atoms with Crippen LogP contribution in [-0.4, -0.2) is 6.61 Å². The van der Waals surface area contributed by atoms with Crippen LogP contribution in [0, 0.1) is 5.82 Å². The Hall–Kier alpha value is -1.10. The van der Waals surface area contributed by atoms with Crippen molar-refractivity contribution in [3.63, 3.8) is 0 Å².